The van der Waals surface area contributed by atoms with Crippen LogP contribution in [-0.2, 0) is 4.79 Å². The molecule has 1 aromatic heterocycles. The van der Waals surface area contributed by atoms with Crippen LogP contribution in [0.2, 0.25) is 0 Å². The Bertz CT molecular complexity index is 1300. The summed E-state index contributed by atoms with van der Waals surface area (Å²) in [6, 6.07) is 30.8. The van der Waals surface area contributed by atoms with Gasteiger partial charge in [0.05, 0.1) is 18.1 Å². The number of fused-ring (bicyclic) bond motifs is 1. The predicted molar refractivity (Wildman–Crippen MR) is 154 cm³/mol. The minimum absolute atomic E-state index is 0.0846. The molecule has 0 spiro atoms. The fourth-order valence-electron chi connectivity index (χ4n) is 5.31. The molecule has 202 valence electrons. The van der Waals surface area contributed by atoms with Gasteiger partial charge in [0.15, 0.2) is 0 Å². The van der Waals surface area contributed by atoms with Crippen LogP contribution in [0.1, 0.15) is 17.2 Å². The third-order valence-corrected chi connectivity index (χ3v) is 7.23. The highest BCUT2D eigenvalue weighted by atomic mass is 16.5. The van der Waals surface area contributed by atoms with Gasteiger partial charge in [-0.3, -0.25) is 19.6 Å². The highest BCUT2D eigenvalue weighted by molar-refractivity contribution is 5.84. The number of carbonyl (C=O) groups is 1. The van der Waals surface area contributed by atoms with E-state index >= 15 is 0 Å². The van der Waals surface area contributed by atoms with Gasteiger partial charge >= 0.3 is 0 Å². The lowest BCUT2D eigenvalue weighted by molar-refractivity contribution is -0.134. The van der Waals surface area contributed by atoms with Crippen LogP contribution < -0.4 is 4.74 Å². The summed E-state index contributed by atoms with van der Waals surface area (Å²) in [5, 5.41) is 11.5. The molecule has 4 aromatic rings. The van der Waals surface area contributed by atoms with Gasteiger partial charge in [0.25, 0.3) is 0 Å². The first-order valence-electron chi connectivity index (χ1n) is 13.5. The Morgan fingerprint density at radius 3 is 2.23 bits per heavy atom. The molecule has 2 heterocycles. The van der Waals surface area contributed by atoms with Crippen LogP contribution >= 0.6 is 0 Å². The van der Waals surface area contributed by atoms with E-state index in [4.69, 9.17) is 4.74 Å². The predicted octanol–water partition coefficient (Wildman–Crippen LogP) is 3.84. The normalized spacial score (nSPS) is 15.1. The maximum absolute atomic E-state index is 13.1. The van der Waals surface area contributed by atoms with E-state index in [1.54, 1.807) is 6.20 Å². The standard InChI is InChI=1S/C32H36N4O3/c1-34(22-27(37)24-39-30-16-8-15-29-28(30)14-9-17-33-29)23-31(38)35-18-20-36(21-19-35)32(25-10-4-2-5-11-25)26-12-6-3-7-13-26/h2-17,27,32,37H,18-24H2,1H3/t27-/m1/s1. The summed E-state index contributed by atoms with van der Waals surface area (Å²) in [4.78, 5) is 23.7. The molecule has 1 atom stereocenters. The number of amides is 1. The number of ether oxygens (including phenoxy) is 1. The molecule has 0 aliphatic carbocycles. The zero-order valence-corrected chi connectivity index (χ0v) is 22.4. The van der Waals surface area contributed by atoms with Crippen LogP contribution in [0.3, 0.4) is 0 Å². The van der Waals surface area contributed by atoms with Gasteiger partial charge < -0.3 is 14.7 Å². The van der Waals surface area contributed by atoms with Gasteiger partial charge in [-0.05, 0) is 42.4 Å². The topological polar surface area (TPSA) is 69.1 Å². The van der Waals surface area contributed by atoms with Crippen molar-refractivity contribution in [1.29, 1.82) is 0 Å². The fraction of sp³-hybridized carbons (Fsp3) is 0.312. The number of aromatic nitrogens is 1. The lowest BCUT2D eigenvalue weighted by atomic mass is 9.96. The molecule has 0 bridgehead atoms. The minimum Gasteiger partial charge on any atom is -0.490 e. The zero-order chi connectivity index (χ0) is 27.0. The van der Waals surface area contributed by atoms with Crippen molar-refractivity contribution in [2.45, 2.75) is 12.1 Å². The Hall–Kier alpha value is -3.78. The van der Waals surface area contributed by atoms with Crippen LogP contribution in [-0.4, -0.2) is 89.7 Å². The molecule has 1 aliphatic heterocycles. The number of hydrogen-bond acceptors (Lipinski definition) is 6. The number of pyridine rings is 1. The van der Waals surface area contributed by atoms with E-state index in [1.165, 1.54) is 11.1 Å². The molecule has 1 N–H and O–H groups in total. The second-order valence-corrected chi connectivity index (χ2v) is 10.1. The average molecular weight is 525 g/mol. The quantitative estimate of drug-likeness (QED) is 0.340. The molecule has 39 heavy (non-hydrogen) atoms. The number of likely N-dealkylation sites (N-methyl/N-ethyl adjacent to an activating group) is 1. The first-order valence-corrected chi connectivity index (χ1v) is 13.5. The molecule has 0 unspecified atom stereocenters. The van der Waals surface area contributed by atoms with Gasteiger partial charge in [-0.15, -0.1) is 0 Å². The van der Waals surface area contributed by atoms with Gasteiger partial charge in [0.1, 0.15) is 18.5 Å². The van der Waals surface area contributed by atoms with Crippen molar-refractivity contribution in [3.63, 3.8) is 0 Å². The molecule has 5 rings (SSSR count). The van der Waals surface area contributed by atoms with Crippen LogP contribution in [0.15, 0.2) is 97.2 Å². The minimum atomic E-state index is -0.718. The molecule has 7 heteroatoms. The van der Waals surface area contributed by atoms with Crippen molar-refractivity contribution in [3.05, 3.63) is 108 Å². The monoisotopic (exact) mass is 524 g/mol. The Morgan fingerprint density at radius 2 is 1.56 bits per heavy atom. The summed E-state index contributed by atoms with van der Waals surface area (Å²) in [6.45, 7) is 3.73. The van der Waals surface area contributed by atoms with Crippen molar-refractivity contribution in [1.82, 2.24) is 19.7 Å². The number of benzene rings is 3. The third-order valence-electron chi connectivity index (χ3n) is 7.23. The number of piperazine rings is 1. The zero-order valence-electron chi connectivity index (χ0n) is 22.4. The van der Waals surface area contributed by atoms with Crippen LogP contribution in [0.25, 0.3) is 10.9 Å². The number of hydrogen-bond donors (Lipinski definition) is 1. The molecule has 0 saturated carbocycles. The number of aliphatic hydroxyl groups excluding tert-OH is 1. The van der Waals surface area contributed by atoms with E-state index in [-0.39, 0.29) is 25.1 Å². The largest absolute Gasteiger partial charge is 0.490 e. The second-order valence-electron chi connectivity index (χ2n) is 10.1. The lowest BCUT2D eigenvalue weighted by Crippen LogP contribution is -2.52. The van der Waals surface area contributed by atoms with Gasteiger partial charge in [-0.1, -0.05) is 66.7 Å². The smallest absolute Gasteiger partial charge is 0.236 e. The van der Waals surface area contributed by atoms with Crippen LogP contribution in [0.4, 0.5) is 0 Å². The van der Waals surface area contributed by atoms with E-state index in [9.17, 15) is 9.90 Å². The first-order chi connectivity index (χ1) is 19.1. The highest BCUT2D eigenvalue weighted by Gasteiger charge is 2.28. The van der Waals surface area contributed by atoms with Gasteiger partial charge in [-0.2, -0.15) is 0 Å². The molecule has 1 amide bonds. The van der Waals surface area contributed by atoms with Crippen LogP contribution in [0, 0.1) is 0 Å². The molecule has 1 aliphatic rings. The summed E-state index contributed by atoms with van der Waals surface area (Å²) >= 11 is 0. The van der Waals surface area contributed by atoms with Crippen molar-refractivity contribution >= 4 is 16.8 Å². The maximum atomic E-state index is 13.1. The summed E-state index contributed by atoms with van der Waals surface area (Å²) in [5.74, 6) is 0.780. The van der Waals surface area contributed by atoms with Gasteiger partial charge in [0.2, 0.25) is 5.91 Å². The number of aliphatic hydroxyl groups is 1. The second kappa shape index (κ2) is 12.8. The molecule has 7 nitrogen and oxygen atoms in total. The van der Waals surface area contributed by atoms with Gasteiger partial charge in [0, 0.05) is 44.3 Å². The summed E-state index contributed by atoms with van der Waals surface area (Å²) in [7, 11) is 1.86. The fourth-order valence-corrected chi connectivity index (χ4v) is 5.31. The lowest BCUT2D eigenvalue weighted by Gasteiger charge is -2.40. The Kier molecular flexibility index (Phi) is 8.83. The van der Waals surface area contributed by atoms with E-state index in [0.29, 0.717) is 25.4 Å². The number of rotatable bonds is 10. The maximum Gasteiger partial charge on any atom is 0.236 e. The van der Waals surface area contributed by atoms with E-state index in [0.717, 1.165) is 24.0 Å². The number of carbonyl (C=O) groups excluding carboxylic acids is 1. The molecule has 1 saturated heterocycles. The van der Waals surface area contributed by atoms with E-state index in [2.05, 4.69) is 58.4 Å². The first kappa shape index (κ1) is 26.8. The van der Waals surface area contributed by atoms with Crippen molar-refractivity contribution in [2.24, 2.45) is 0 Å². The van der Waals surface area contributed by atoms with Crippen molar-refractivity contribution in [3.8, 4) is 5.75 Å². The molecule has 0 radical (unpaired) electrons. The molecular formula is C32H36N4O3. The number of nitrogens with zero attached hydrogens (tertiary/aromatic N) is 4. The van der Waals surface area contributed by atoms with Crippen molar-refractivity contribution in [2.75, 3.05) is 52.9 Å². The van der Waals surface area contributed by atoms with Gasteiger partial charge in [-0.25, -0.2) is 0 Å². The van der Waals surface area contributed by atoms with Crippen LogP contribution in [0.5, 0.6) is 5.75 Å². The summed E-state index contributed by atoms with van der Waals surface area (Å²) in [5.41, 5.74) is 3.38. The highest BCUT2D eigenvalue weighted by Crippen LogP contribution is 2.29. The molecule has 1 fully saturated rings. The Balaban J connectivity index is 1.11. The SMILES string of the molecule is CN(CC(=O)N1CCN(C(c2ccccc2)c2ccccc2)CC1)C[C@@H](O)COc1cccc2ncccc12. The van der Waals surface area contributed by atoms with E-state index in [1.807, 2.05) is 59.3 Å². The van der Waals surface area contributed by atoms with E-state index < -0.39 is 6.10 Å². The molecular weight excluding hydrogens is 488 g/mol. The van der Waals surface area contributed by atoms with Crippen molar-refractivity contribution < 1.29 is 14.6 Å². The Morgan fingerprint density at radius 1 is 0.897 bits per heavy atom. The average Bonchev–Trinajstić information content (AvgIpc) is 2.97. The third kappa shape index (κ3) is 6.81. The summed E-state index contributed by atoms with van der Waals surface area (Å²) in [6.07, 6.45) is 1.03. The molecule has 3 aromatic carbocycles. The summed E-state index contributed by atoms with van der Waals surface area (Å²) < 4.78 is 5.89. The Labute approximate surface area is 230 Å².